The predicted molar refractivity (Wildman–Crippen MR) is 105 cm³/mol. The van der Waals surface area contributed by atoms with Crippen molar-refractivity contribution in [3.05, 3.63) is 71.4 Å². The standard InChI is InChI=1S/C21H22N2O2S/c1-4-17-12-20(25-19-11-7-10-18(13-19)24-3)23-21(22-17)26-14-16-9-6-5-8-15(16)2/h5-13H,4,14H2,1-3H3. The van der Waals surface area contributed by atoms with Crippen molar-refractivity contribution in [1.82, 2.24) is 9.97 Å². The number of aryl methyl sites for hydroxylation is 2. The SMILES string of the molecule is CCc1cc(Oc2cccc(OC)c2)nc(SCc2ccccc2C)n1. The fourth-order valence-electron chi connectivity index (χ4n) is 2.45. The summed E-state index contributed by atoms with van der Waals surface area (Å²) in [5.74, 6) is 2.83. The Morgan fingerprint density at radius 2 is 1.77 bits per heavy atom. The summed E-state index contributed by atoms with van der Waals surface area (Å²) < 4.78 is 11.2. The van der Waals surface area contributed by atoms with E-state index in [0.717, 1.165) is 28.8 Å². The highest BCUT2D eigenvalue weighted by atomic mass is 32.2. The lowest BCUT2D eigenvalue weighted by Gasteiger charge is -2.10. The largest absolute Gasteiger partial charge is 0.497 e. The molecule has 0 spiro atoms. The van der Waals surface area contributed by atoms with Crippen molar-refractivity contribution in [3.8, 4) is 17.4 Å². The maximum Gasteiger partial charge on any atom is 0.223 e. The van der Waals surface area contributed by atoms with Crippen LogP contribution in [-0.4, -0.2) is 17.1 Å². The maximum atomic E-state index is 5.94. The molecule has 1 aromatic heterocycles. The molecule has 1 heterocycles. The van der Waals surface area contributed by atoms with Crippen molar-refractivity contribution in [3.63, 3.8) is 0 Å². The Balaban J connectivity index is 1.78. The number of hydrogen-bond acceptors (Lipinski definition) is 5. The van der Waals surface area contributed by atoms with E-state index in [1.54, 1.807) is 18.9 Å². The Kier molecular flexibility index (Phi) is 6.12. The van der Waals surface area contributed by atoms with E-state index in [9.17, 15) is 0 Å². The number of rotatable bonds is 7. The molecule has 0 saturated carbocycles. The van der Waals surface area contributed by atoms with Gasteiger partial charge in [0.2, 0.25) is 5.88 Å². The van der Waals surface area contributed by atoms with Gasteiger partial charge >= 0.3 is 0 Å². The third-order valence-electron chi connectivity index (χ3n) is 3.98. The zero-order valence-electron chi connectivity index (χ0n) is 15.2. The molecule has 3 aromatic rings. The summed E-state index contributed by atoms with van der Waals surface area (Å²) in [5.41, 5.74) is 3.53. The van der Waals surface area contributed by atoms with Gasteiger partial charge in [0.25, 0.3) is 0 Å². The van der Waals surface area contributed by atoms with Crippen LogP contribution >= 0.6 is 11.8 Å². The first-order valence-corrected chi connectivity index (χ1v) is 9.53. The van der Waals surface area contributed by atoms with Crippen LogP contribution in [0.4, 0.5) is 0 Å². The van der Waals surface area contributed by atoms with E-state index in [2.05, 4.69) is 48.1 Å². The number of aromatic nitrogens is 2. The van der Waals surface area contributed by atoms with Crippen molar-refractivity contribution in [2.75, 3.05) is 7.11 Å². The maximum absolute atomic E-state index is 5.94. The Labute approximate surface area is 158 Å². The van der Waals surface area contributed by atoms with E-state index >= 15 is 0 Å². The molecule has 0 unspecified atom stereocenters. The number of nitrogens with zero attached hydrogens (tertiary/aromatic N) is 2. The molecule has 5 heteroatoms. The average molecular weight is 366 g/mol. The van der Waals surface area contributed by atoms with Crippen LogP contribution in [0.2, 0.25) is 0 Å². The molecule has 0 N–H and O–H groups in total. The second kappa shape index (κ2) is 8.72. The minimum Gasteiger partial charge on any atom is -0.497 e. The summed E-state index contributed by atoms with van der Waals surface area (Å²) in [7, 11) is 1.64. The van der Waals surface area contributed by atoms with Gasteiger partial charge in [0, 0.05) is 23.6 Å². The highest BCUT2D eigenvalue weighted by Crippen LogP contribution is 2.27. The molecule has 2 aromatic carbocycles. The second-order valence-corrected chi connectivity index (χ2v) is 6.77. The highest BCUT2D eigenvalue weighted by Gasteiger charge is 2.08. The lowest BCUT2D eigenvalue weighted by molar-refractivity contribution is 0.406. The topological polar surface area (TPSA) is 44.2 Å². The van der Waals surface area contributed by atoms with Gasteiger partial charge in [-0.1, -0.05) is 49.0 Å². The molecule has 0 amide bonds. The zero-order valence-corrected chi connectivity index (χ0v) is 16.0. The monoisotopic (exact) mass is 366 g/mol. The van der Waals surface area contributed by atoms with Gasteiger partial charge in [0.1, 0.15) is 11.5 Å². The number of hydrogen-bond donors (Lipinski definition) is 0. The van der Waals surface area contributed by atoms with Crippen LogP contribution in [0.5, 0.6) is 17.4 Å². The average Bonchev–Trinajstić information content (AvgIpc) is 2.67. The number of benzene rings is 2. The quantitative estimate of drug-likeness (QED) is 0.411. The first kappa shape index (κ1) is 18.3. The van der Waals surface area contributed by atoms with Gasteiger partial charge in [-0.05, 0) is 36.6 Å². The molecule has 0 aliphatic carbocycles. The van der Waals surface area contributed by atoms with Gasteiger partial charge in [-0.3, -0.25) is 0 Å². The molecule has 0 bridgehead atoms. The van der Waals surface area contributed by atoms with Gasteiger partial charge in [-0.15, -0.1) is 0 Å². The molecule has 3 rings (SSSR count). The third kappa shape index (κ3) is 4.76. The van der Waals surface area contributed by atoms with Crippen molar-refractivity contribution in [2.24, 2.45) is 0 Å². The molecule has 0 aliphatic heterocycles. The van der Waals surface area contributed by atoms with Gasteiger partial charge in [0.15, 0.2) is 5.16 Å². The molecule has 0 aliphatic rings. The normalized spacial score (nSPS) is 10.6. The fraction of sp³-hybridized carbons (Fsp3) is 0.238. The van der Waals surface area contributed by atoms with E-state index in [4.69, 9.17) is 9.47 Å². The minimum absolute atomic E-state index is 0.553. The molecule has 26 heavy (non-hydrogen) atoms. The lowest BCUT2D eigenvalue weighted by Crippen LogP contribution is -1.98. The molecule has 0 fully saturated rings. The summed E-state index contributed by atoms with van der Waals surface area (Å²) in [6.45, 7) is 4.20. The first-order chi connectivity index (χ1) is 12.7. The van der Waals surface area contributed by atoms with Gasteiger partial charge in [-0.2, -0.15) is 4.98 Å². The van der Waals surface area contributed by atoms with Gasteiger partial charge in [0.05, 0.1) is 7.11 Å². The summed E-state index contributed by atoms with van der Waals surface area (Å²) in [5, 5.41) is 0.727. The minimum atomic E-state index is 0.553. The van der Waals surface area contributed by atoms with E-state index in [1.807, 2.05) is 30.3 Å². The Bertz CT molecular complexity index is 883. The van der Waals surface area contributed by atoms with Crippen molar-refractivity contribution in [2.45, 2.75) is 31.2 Å². The Morgan fingerprint density at radius 1 is 0.962 bits per heavy atom. The summed E-state index contributed by atoms with van der Waals surface area (Å²) in [6, 6.07) is 17.8. The second-order valence-electron chi connectivity index (χ2n) is 5.83. The first-order valence-electron chi connectivity index (χ1n) is 8.55. The molecule has 0 radical (unpaired) electrons. The van der Waals surface area contributed by atoms with Crippen molar-refractivity contribution < 1.29 is 9.47 Å². The van der Waals surface area contributed by atoms with Crippen LogP contribution in [0.15, 0.2) is 59.8 Å². The molecule has 0 atom stereocenters. The van der Waals surface area contributed by atoms with Crippen LogP contribution in [-0.2, 0) is 12.2 Å². The predicted octanol–water partition coefficient (Wildman–Crippen LogP) is 5.44. The van der Waals surface area contributed by atoms with E-state index in [1.165, 1.54) is 11.1 Å². The number of ether oxygens (including phenoxy) is 2. The number of thioether (sulfide) groups is 1. The van der Waals surface area contributed by atoms with Crippen LogP contribution < -0.4 is 9.47 Å². The van der Waals surface area contributed by atoms with Crippen molar-refractivity contribution in [1.29, 1.82) is 0 Å². The van der Waals surface area contributed by atoms with Crippen molar-refractivity contribution >= 4 is 11.8 Å². The summed E-state index contributed by atoms with van der Waals surface area (Å²) >= 11 is 1.62. The van der Waals surface area contributed by atoms with Crippen LogP contribution in [0, 0.1) is 6.92 Å². The third-order valence-corrected chi connectivity index (χ3v) is 4.88. The highest BCUT2D eigenvalue weighted by molar-refractivity contribution is 7.98. The van der Waals surface area contributed by atoms with E-state index in [0.29, 0.717) is 11.6 Å². The summed E-state index contributed by atoms with van der Waals surface area (Å²) in [4.78, 5) is 9.18. The fourth-order valence-corrected chi connectivity index (χ4v) is 3.39. The van der Waals surface area contributed by atoms with Crippen LogP contribution in [0.3, 0.4) is 0 Å². The smallest absolute Gasteiger partial charge is 0.223 e. The molecular formula is C21H22N2O2S. The van der Waals surface area contributed by atoms with E-state index in [-0.39, 0.29) is 0 Å². The molecule has 0 saturated heterocycles. The summed E-state index contributed by atoms with van der Waals surface area (Å²) in [6.07, 6.45) is 0.828. The molecular weight excluding hydrogens is 344 g/mol. The van der Waals surface area contributed by atoms with Gasteiger partial charge < -0.3 is 9.47 Å². The molecule has 4 nitrogen and oxygen atoms in total. The number of methoxy groups -OCH3 is 1. The van der Waals surface area contributed by atoms with Crippen LogP contribution in [0.1, 0.15) is 23.7 Å². The van der Waals surface area contributed by atoms with Crippen LogP contribution in [0.25, 0.3) is 0 Å². The zero-order chi connectivity index (χ0) is 18.4. The lowest BCUT2D eigenvalue weighted by atomic mass is 10.1. The Morgan fingerprint density at radius 3 is 2.54 bits per heavy atom. The van der Waals surface area contributed by atoms with Gasteiger partial charge in [-0.25, -0.2) is 4.98 Å². The Hall–Kier alpha value is -2.53. The van der Waals surface area contributed by atoms with E-state index < -0.39 is 0 Å². The molecule has 134 valence electrons.